The Morgan fingerprint density at radius 2 is 1.86 bits per heavy atom. The van der Waals surface area contributed by atoms with E-state index in [0.717, 1.165) is 5.56 Å². The number of hydrogen-bond donors (Lipinski definition) is 1. The van der Waals surface area contributed by atoms with Crippen molar-refractivity contribution in [1.29, 1.82) is 0 Å². The first-order valence-corrected chi connectivity index (χ1v) is 9.80. The topological polar surface area (TPSA) is 73.2 Å². The Balaban J connectivity index is 1.59. The molecule has 0 aliphatic carbocycles. The maximum absolute atomic E-state index is 12.4. The Labute approximate surface area is 174 Å². The second kappa shape index (κ2) is 9.89. The summed E-state index contributed by atoms with van der Waals surface area (Å²) in [7, 11) is 0. The van der Waals surface area contributed by atoms with E-state index in [9.17, 15) is 9.59 Å². The van der Waals surface area contributed by atoms with Crippen LogP contribution in [0, 0.1) is 0 Å². The number of hydrogen-bond acceptors (Lipinski definition) is 4. The molecule has 3 rings (SSSR count). The van der Waals surface area contributed by atoms with Gasteiger partial charge in [-0.3, -0.25) is 9.59 Å². The molecule has 3 aromatic rings. The Hall–Kier alpha value is -3.12. The SMILES string of the molecule is CCOc1ccccc1C(=O)NCCCn1nc(-c2ccc(Cl)cc2)ccc1=O. The van der Waals surface area contributed by atoms with E-state index >= 15 is 0 Å². The molecule has 150 valence electrons. The predicted octanol–water partition coefficient (Wildman–Crippen LogP) is 3.78. The normalized spacial score (nSPS) is 10.6. The lowest BCUT2D eigenvalue weighted by molar-refractivity contribution is 0.0949. The quantitative estimate of drug-likeness (QED) is 0.572. The number of nitrogens with zero attached hydrogens (tertiary/aromatic N) is 2. The van der Waals surface area contributed by atoms with Gasteiger partial charge in [-0.2, -0.15) is 5.10 Å². The molecule has 0 atom stereocenters. The number of aryl methyl sites for hydroxylation is 1. The minimum Gasteiger partial charge on any atom is -0.493 e. The minimum absolute atomic E-state index is 0.185. The van der Waals surface area contributed by atoms with Gasteiger partial charge in [0.15, 0.2) is 0 Å². The largest absolute Gasteiger partial charge is 0.493 e. The molecule has 0 aliphatic heterocycles. The van der Waals surface area contributed by atoms with Crippen molar-refractivity contribution in [3.05, 3.63) is 81.6 Å². The van der Waals surface area contributed by atoms with Crippen molar-refractivity contribution in [2.24, 2.45) is 0 Å². The summed E-state index contributed by atoms with van der Waals surface area (Å²) >= 11 is 5.92. The molecule has 1 aromatic heterocycles. The van der Waals surface area contributed by atoms with Gasteiger partial charge in [0.1, 0.15) is 5.75 Å². The van der Waals surface area contributed by atoms with E-state index < -0.39 is 0 Å². The van der Waals surface area contributed by atoms with Crippen LogP contribution < -0.4 is 15.6 Å². The van der Waals surface area contributed by atoms with Crippen molar-refractivity contribution in [1.82, 2.24) is 15.1 Å². The highest BCUT2D eigenvalue weighted by molar-refractivity contribution is 6.30. The van der Waals surface area contributed by atoms with Gasteiger partial charge < -0.3 is 10.1 Å². The van der Waals surface area contributed by atoms with Crippen LogP contribution >= 0.6 is 11.6 Å². The molecular formula is C22H22ClN3O3. The fourth-order valence-corrected chi connectivity index (χ4v) is 2.97. The van der Waals surface area contributed by atoms with Gasteiger partial charge in [-0.15, -0.1) is 0 Å². The molecule has 1 N–H and O–H groups in total. The number of para-hydroxylation sites is 1. The molecule has 0 radical (unpaired) electrons. The van der Waals surface area contributed by atoms with Crippen LogP contribution in [0.1, 0.15) is 23.7 Å². The van der Waals surface area contributed by atoms with Crippen molar-refractivity contribution >= 4 is 17.5 Å². The molecule has 1 heterocycles. The van der Waals surface area contributed by atoms with E-state index in [1.165, 1.54) is 10.7 Å². The van der Waals surface area contributed by atoms with Crippen LogP contribution in [0.15, 0.2) is 65.5 Å². The molecule has 0 spiro atoms. The monoisotopic (exact) mass is 411 g/mol. The Bertz CT molecular complexity index is 1030. The Morgan fingerprint density at radius 3 is 2.62 bits per heavy atom. The van der Waals surface area contributed by atoms with Crippen LogP contribution in [0.5, 0.6) is 5.75 Å². The molecular weight excluding hydrogens is 390 g/mol. The van der Waals surface area contributed by atoms with Crippen LogP contribution in [-0.2, 0) is 6.54 Å². The number of nitrogens with one attached hydrogen (secondary N) is 1. The molecule has 29 heavy (non-hydrogen) atoms. The zero-order chi connectivity index (χ0) is 20.6. The highest BCUT2D eigenvalue weighted by atomic mass is 35.5. The number of ether oxygens (including phenoxy) is 1. The van der Waals surface area contributed by atoms with Gasteiger partial charge in [0, 0.05) is 29.7 Å². The lowest BCUT2D eigenvalue weighted by atomic mass is 10.1. The molecule has 2 aromatic carbocycles. The first-order chi connectivity index (χ1) is 14.1. The van der Waals surface area contributed by atoms with E-state index in [1.807, 2.05) is 25.1 Å². The van der Waals surface area contributed by atoms with E-state index in [2.05, 4.69) is 10.4 Å². The number of amides is 1. The van der Waals surface area contributed by atoms with Gasteiger partial charge in [-0.25, -0.2) is 4.68 Å². The van der Waals surface area contributed by atoms with E-state index in [-0.39, 0.29) is 11.5 Å². The Kier molecular flexibility index (Phi) is 7.03. The standard InChI is InChI=1S/C22H22ClN3O3/c1-2-29-20-7-4-3-6-18(20)22(28)24-14-5-15-26-21(27)13-12-19(25-26)16-8-10-17(23)11-9-16/h3-4,6-13H,2,5,14-15H2,1H3,(H,24,28). The summed E-state index contributed by atoms with van der Waals surface area (Å²) in [5.74, 6) is 0.352. The van der Waals surface area contributed by atoms with Crippen LogP contribution in [0.4, 0.5) is 0 Å². The van der Waals surface area contributed by atoms with Gasteiger partial charge in [0.05, 0.1) is 17.9 Å². The third-order valence-corrected chi connectivity index (χ3v) is 4.52. The van der Waals surface area contributed by atoms with Crippen molar-refractivity contribution in [2.75, 3.05) is 13.2 Å². The molecule has 1 amide bonds. The number of rotatable bonds is 8. The zero-order valence-corrected chi connectivity index (χ0v) is 16.9. The molecule has 7 heteroatoms. The van der Waals surface area contributed by atoms with E-state index in [4.69, 9.17) is 16.3 Å². The Morgan fingerprint density at radius 1 is 1.10 bits per heavy atom. The van der Waals surface area contributed by atoms with Gasteiger partial charge in [-0.1, -0.05) is 35.9 Å². The highest BCUT2D eigenvalue weighted by Gasteiger charge is 2.11. The molecule has 0 saturated carbocycles. The third kappa shape index (κ3) is 5.45. The summed E-state index contributed by atoms with van der Waals surface area (Å²) < 4.78 is 6.89. The van der Waals surface area contributed by atoms with Gasteiger partial charge >= 0.3 is 0 Å². The smallest absolute Gasteiger partial charge is 0.266 e. The molecule has 6 nitrogen and oxygen atoms in total. The summed E-state index contributed by atoms with van der Waals surface area (Å²) in [4.78, 5) is 24.5. The summed E-state index contributed by atoms with van der Waals surface area (Å²) in [5.41, 5.74) is 1.88. The average Bonchev–Trinajstić information content (AvgIpc) is 2.73. The fourth-order valence-electron chi connectivity index (χ4n) is 2.85. The van der Waals surface area contributed by atoms with Gasteiger partial charge in [0.2, 0.25) is 0 Å². The number of carbonyl (C=O) groups is 1. The summed E-state index contributed by atoms with van der Waals surface area (Å²) in [6.07, 6.45) is 0.569. The first kappa shape index (κ1) is 20.6. The van der Waals surface area contributed by atoms with Crippen LogP contribution in [0.2, 0.25) is 5.02 Å². The highest BCUT2D eigenvalue weighted by Crippen LogP contribution is 2.19. The lowest BCUT2D eigenvalue weighted by Crippen LogP contribution is -2.28. The molecule has 0 unspecified atom stereocenters. The van der Waals surface area contributed by atoms with Crippen LogP contribution in [-0.4, -0.2) is 28.8 Å². The molecule has 0 bridgehead atoms. The predicted molar refractivity (Wildman–Crippen MR) is 114 cm³/mol. The van der Waals surface area contributed by atoms with Gasteiger partial charge in [0.25, 0.3) is 11.5 Å². The van der Waals surface area contributed by atoms with Crippen molar-refractivity contribution in [2.45, 2.75) is 19.9 Å². The van der Waals surface area contributed by atoms with E-state index in [1.54, 1.807) is 36.4 Å². The number of aromatic nitrogens is 2. The summed E-state index contributed by atoms with van der Waals surface area (Å²) in [6.45, 7) is 3.17. The second-order valence-corrected chi connectivity index (χ2v) is 6.76. The number of carbonyl (C=O) groups excluding carboxylic acids is 1. The summed E-state index contributed by atoms with van der Waals surface area (Å²) in [6, 6.07) is 17.6. The fraction of sp³-hybridized carbons (Fsp3) is 0.227. The number of benzene rings is 2. The molecule has 0 aliphatic rings. The maximum Gasteiger partial charge on any atom is 0.266 e. The van der Waals surface area contributed by atoms with Crippen molar-refractivity contribution < 1.29 is 9.53 Å². The molecule has 0 saturated heterocycles. The first-order valence-electron chi connectivity index (χ1n) is 9.42. The van der Waals surface area contributed by atoms with Crippen LogP contribution in [0.3, 0.4) is 0 Å². The summed E-state index contributed by atoms with van der Waals surface area (Å²) in [5, 5.41) is 7.92. The maximum atomic E-state index is 12.4. The zero-order valence-electron chi connectivity index (χ0n) is 16.1. The average molecular weight is 412 g/mol. The minimum atomic E-state index is -0.204. The van der Waals surface area contributed by atoms with Crippen molar-refractivity contribution in [3.8, 4) is 17.0 Å². The number of halogens is 1. The lowest BCUT2D eigenvalue weighted by Gasteiger charge is -2.11. The van der Waals surface area contributed by atoms with Gasteiger partial charge in [-0.05, 0) is 43.7 Å². The second-order valence-electron chi connectivity index (χ2n) is 6.33. The van der Waals surface area contributed by atoms with Crippen LogP contribution in [0.25, 0.3) is 11.3 Å². The van der Waals surface area contributed by atoms with Crippen molar-refractivity contribution in [3.63, 3.8) is 0 Å². The molecule has 0 fully saturated rings. The third-order valence-electron chi connectivity index (χ3n) is 4.27. The van der Waals surface area contributed by atoms with E-state index in [0.29, 0.717) is 48.1 Å².